The molecule has 1 fully saturated rings. The average Bonchev–Trinajstić information content (AvgIpc) is 3.05. The van der Waals surface area contributed by atoms with Crippen LogP contribution in [-0.2, 0) is 13.6 Å². The van der Waals surface area contributed by atoms with E-state index in [0.29, 0.717) is 16.1 Å². The van der Waals surface area contributed by atoms with Crippen LogP contribution >= 0.6 is 23.2 Å². The molecule has 1 atom stereocenters. The molecule has 0 spiro atoms. The largest absolute Gasteiger partial charge is 0.369 e. The summed E-state index contributed by atoms with van der Waals surface area (Å²) in [6, 6.07) is 6.09. The maximum Gasteiger partial charge on any atom is 0.0738 e. The molecule has 2 heterocycles. The van der Waals surface area contributed by atoms with Gasteiger partial charge in [-0.15, -0.1) is 5.10 Å². The van der Waals surface area contributed by atoms with Crippen molar-refractivity contribution in [1.82, 2.24) is 20.3 Å². The van der Waals surface area contributed by atoms with Crippen molar-refractivity contribution < 1.29 is 0 Å². The van der Waals surface area contributed by atoms with Gasteiger partial charge in [-0.2, -0.15) is 0 Å². The van der Waals surface area contributed by atoms with E-state index >= 15 is 0 Å². The van der Waals surface area contributed by atoms with Crippen LogP contribution < -0.4 is 10.2 Å². The van der Waals surface area contributed by atoms with Gasteiger partial charge in [-0.25, -0.2) is 0 Å². The summed E-state index contributed by atoms with van der Waals surface area (Å²) in [5.41, 5.74) is 2.13. The number of halogens is 2. The molecule has 0 aliphatic carbocycles. The highest BCUT2D eigenvalue weighted by Gasteiger charge is 2.23. The summed E-state index contributed by atoms with van der Waals surface area (Å²) in [6.45, 7) is 2.70. The minimum absolute atomic E-state index is 0.437. The molecule has 1 aliphatic heterocycles. The molecule has 1 aromatic heterocycles. The molecule has 5 nitrogen and oxygen atoms in total. The lowest BCUT2D eigenvalue weighted by Crippen LogP contribution is -2.32. The first-order valence-corrected chi connectivity index (χ1v) is 7.66. The summed E-state index contributed by atoms with van der Waals surface area (Å²) in [4.78, 5) is 2.29. The number of rotatable bonds is 4. The highest BCUT2D eigenvalue weighted by Crippen LogP contribution is 2.31. The van der Waals surface area contributed by atoms with E-state index in [1.54, 1.807) is 16.9 Å². The molecule has 21 heavy (non-hydrogen) atoms. The number of nitrogens with zero attached hydrogens (tertiary/aromatic N) is 4. The van der Waals surface area contributed by atoms with Crippen molar-refractivity contribution in [3.8, 4) is 0 Å². The molecule has 0 bridgehead atoms. The van der Waals surface area contributed by atoms with Crippen LogP contribution in [0, 0.1) is 0 Å². The summed E-state index contributed by atoms with van der Waals surface area (Å²) in [5.74, 6) is 0. The number of benzene rings is 1. The first-order valence-electron chi connectivity index (χ1n) is 6.90. The van der Waals surface area contributed by atoms with Gasteiger partial charge in [0.2, 0.25) is 0 Å². The standard InChI is InChI=1S/C14H17Cl2N5/c1-20-12(8-18-19-20)7-17-11-4-5-21(9-11)14-3-2-10(15)6-13(14)16/h2-3,6,8,11,17H,4-5,7,9H2,1H3/t11-/m0/s1. The van der Waals surface area contributed by atoms with Gasteiger partial charge in [0.15, 0.2) is 0 Å². The molecule has 7 heteroatoms. The van der Waals surface area contributed by atoms with E-state index in [1.807, 2.05) is 19.2 Å². The molecule has 0 amide bonds. The Morgan fingerprint density at radius 2 is 2.24 bits per heavy atom. The predicted molar refractivity (Wildman–Crippen MR) is 84.9 cm³/mol. The Morgan fingerprint density at radius 3 is 2.95 bits per heavy atom. The van der Waals surface area contributed by atoms with Gasteiger partial charge in [-0.05, 0) is 24.6 Å². The van der Waals surface area contributed by atoms with Crippen LogP contribution in [0.4, 0.5) is 5.69 Å². The average molecular weight is 326 g/mol. The molecular weight excluding hydrogens is 309 g/mol. The first kappa shape index (κ1) is 14.6. The third kappa shape index (κ3) is 3.31. The third-order valence-electron chi connectivity index (χ3n) is 3.82. The van der Waals surface area contributed by atoms with Gasteiger partial charge < -0.3 is 10.2 Å². The Hall–Kier alpha value is -1.30. The molecule has 1 aromatic carbocycles. The molecule has 0 radical (unpaired) electrons. The number of aryl methyl sites for hydroxylation is 1. The molecule has 2 aromatic rings. The highest BCUT2D eigenvalue weighted by atomic mass is 35.5. The quantitative estimate of drug-likeness (QED) is 0.938. The second-order valence-corrected chi connectivity index (χ2v) is 6.10. The van der Waals surface area contributed by atoms with Crippen LogP contribution in [0.2, 0.25) is 10.0 Å². The normalized spacial score (nSPS) is 18.4. The van der Waals surface area contributed by atoms with Gasteiger partial charge in [0.05, 0.1) is 22.6 Å². The highest BCUT2D eigenvalue weighted by molar-refractivity contribution is 6.36. The second-order valence-electron chi connectivity index (χ2n) is 5.26. The van der Waals surface area contributed by atoms with E-state index in [2.05, 4.69) is 20.5 Å². The number of anilines is 1. The summed E-state index contributed by atoms with van der Waals surface area (Å²) in [6.07, 6.45) is 2.88. The Labute approximate surface area is 133 Å². The lowest BCUT2D eigenvalue weighted by atomic mass is 10.2. The summed E-state index contributed by atoms with van der Waals surface area (Å²) < 4.78 is 1.79. The van der Waals surface area contributed by atoms with Crippen molar-refractivity contribution in [3.63, 3.8) is 0 Å². The van der Waals surface area contributed by atoms with Crippen LogP contribution in [0.3, 0.4) is 0 Å². The smallest absolute Gasteiger partial charge is 0.0738 e. The van der Waals surface area contributed by atoms with E-state index in [0.717, 1.165) is 37.4 Å². The first-order chi connectivity index (χ1) is 10.1. The van der Waals surface area contributed by atoms with E-state index < -0.39 is 0 Å². The fourth-order valence-electron chi connectivity index (χ4n) is 2.60. The van der Waals surface area contributed by atoms with E-state index in [1.165, 1.54) is 0 Å². The zero-order chi connectivity index (χ0) is 14.8. The topological polar surface area (TPSA) is 46.0 Å². The SMILES string of the molecule is Cn1nncc1CN[C@H]1CCN(c2ccc(Cl)cc2Cl)C1. The molecule has 0 unspecified atom stereocenters. The molecule has 1 saturated heterocycles. The number of aromatic nitrogens is 3. The number of nitrogens with one attached hydrogen (secondary N) is 1. The Balaban J connectivity index is 1.59. The Bertz CT molecular complexity index is 628. The van der Waals surface area contributed by atoms with Gasteiger partial charge >= 0.3 is 0 Å². The molecule has 1 aliphatic rings. The monoisotopic (exact) mass is 325 g/mol. The van der Waals surface area contributed by atoms with Crippen LogP contribution in [0.1, 0.15) is 12.1 Å². The number of hydrogen-bond donors (Lipinski definition) is 1. The lowest BCUT2D eigenvalue weighted by Gasteiger charge is -2.20. The summed E-state index contributed by atoms with van der Waals surface area (Å²) in [5, 5.41) is 12.7. The van der Waals surface area contributed by atoms with Gasteiger partial charge in [-0.3, -0.25) is 4.68 Å². The molecule has 1 N–H and O–H groups in total. The minimum Gasteiger partial charge on any atom is -0.369 e. The van der Waals surface area contributed by atoms with Crippen LogP contribution in [-0.4, -0.2) is 34.1 Å². The van der Waals surface area contributed by atoms with Gasteiger partial charge in [-0.1, -0.05) is 28.4 Å². The summed E-state index contributed by atoms with van der Waals surface area (Å²) >= 11 is 12.2. The zero-order valence-electron chi connectivity index (χ0n) is 11.8. The van der Waals surface area contributed by atoms with Gasteiger partial charge in [0.25, 0.3) is 0 Å². The van der Waals surface area contributed by atoms with Crippen LogP contribution in [0.5, 0.6) is 0 Å². The van der Waals surface area contributed by atoms with E-state index in [9.17, 15) is 0 Å². The predicted octanol–water partition coefficient (Wildman–Crippen LogP) is 2.49. The van der Waals surface area contributed by atoms with Crippen molar-refractivity contribution in [2.75, 3.05) is 18.0 Å². The second kappa shape index (κ2) is 6.22. The third-order valence-corrected chi connectivity index (χ3v) is 4.36. The lowest BCUT2D eigenvalue weighted by molar-refractivity contribution is 0.529. The van der Waals surface area contributed by atoms with Crippen molar-refractivity contribution in [3.05, 3.63) is 40.1 Å². The maximum absolute atomic E-state index is 6.27. The maximum atomic E-state index is 6.27. The van der Waals surface area contributed by atoms with Crippen molar-refractivity contribution in [1.29, 1.82) is 0 Å². The molecule has 0 saturated carbocycles. The Morgan fingerprint density at radius 1 is 1.38 bits per heavy atom. The van der Waals surface area contributed by atoms with Crippen molar-refractivity contribution in [2.24, 2.45) is 7.05 Å². The number of hydrogen-bond acceptors (Lipinski definition) is 4. The fraction of sp³-hybridized carbons (Fsp3) is 0.429. The van der Waals surface area contributed by atoms with Crippen molar-refractivity contribution in [2.45, 2.75) is 19.0 Å². The fourth-order valence-corrected chi connectivity index (χ4v) is 3.13. The summed E-state index contributed by atoms with van der Waals surface area (Å²) in [7, 11) is 1.90. The molecule has 112 valence electrons. The molecule has 3 rings (SSSR count). The zero-order valence-corrected chi connectivity index (χ0v) is 13.3. The van der Waals surface area contributed by atoms with Crippen LogP contribution in [0.15, 0.2) is 24.4 Å². The van der Waals surface area contributed by atoms with Gasteiger partial charge in [0, 0.05) is 37.7 Å². The van der Waals surface area contributed by atoms with E-state index in [-0.39, 0.29) is 0 Å². The van der Waals surface area contributed by atoms with E-state index in [4.69, 9.17) is 23.2 Å². The van der Waals surface area contributed by atoms with Gasteiger partial charge in [0.1, 0.15) is 0 Å². The minimum atomic E-state index is 0.437. The molecular formula is C14H17Cl2N5. The Kier molecular flexibility index (Phi) is 4.33. The van der Waals surface area contributed by atoms with Crippen molar-refractivity contribution >= 4 is 28.9 Å². The van der Waals surface area contributed by atoms with Crippen LogP contribution in [0.25, 0.3) is 0 Å².